The van der Waals surface area contributed by atoms with Crippen LogP contribution in [0.4, 0.5) is 0 Å². The number of nitrogens with zero attached hydrogens (tertiary/aromatic N) is 5. The third-order valence-corrected chi connectivity index (χ3v) is 6.10. The van der Waals surface area contributed by atoms with E-state index in [9.17, 15) is 4.79 Å². The van der Waals surface area contributed by atoms with Gasteiger partial charge in [-0.2, -0.15) is 5.10 Å². The maximum absolute atomic E-state index is 13.1. The maximum atomic E-state index is 13.1. The summed E-state index contributed by atoms with van der Waals surface area (Å²) in [6, 6.07) is 2.07. The molecule has 2 fully saturated rings. The highest BCUT2D eigenvalue weighted by Gasteiger charge is 2.30. The van der Waals surface area contributed by atoms with Gasteiger partial charge in [-0.05, 0) is 58.5 Å². The molecule has 1 unspecified atom stereocenters. The van der Waals surface area contributed by atoms with Crippen molar-refractivity contribution in [1.82, 2.24) is 24.7 Å². The van der Waals surface area contributed by atoms with Crippen LogP contribution in [0.1, 0.15) is 54.7 Å². The quantitative estimate of drug-likeness (QED) is 0.808. The molecule has 4 heterocycles. The molecular weight excluding hydrogens is 342 g/mol. The molecule has 2 aliphatic rings. The van der Waals surface area contributed by atoms with Crippen molar-refractivity contribution in [1.29, 1.82) is 0 Å². The fraction of sp³-hybridized carbons (Fsp3) is 0.650. The van der Waals surface area contributed by atoms with Crippen molar-refractivity contribution in [2.75, 3.05) is 26.2 Å². The fourth-order valence-corrected chi connectivity index (χ4v) is 4.30. The van der Waals surface area contributed by atoms with E-state index in [-0.39, 0.29) is 5.91 Å². The number of amides is 1. The Hall–Kier alpha value is -2.15. The second-order valence-corrected chi connectivity index (χ2v) is 7.83. The van der Waals surface area contributed by atoms with Crippen molar-refractivity contribution in [3.8, 4) is 11.3 Å². The van der Waals surface area contributed by atoms with Crippen LogP contribution < -0.4 is 0 Å². The number of aromatic nitrogens is 3. The minimum atomic E-state index is -0.00216. The summed E-state index contributed by atoms with van der Waals surface area (Å²) in [6.07, 6.45) is 8.78. The van der Waals surface area contributed by atoms with E-state index in [0.29, 0.717) is 17.5 Å². The summed E-state index contributed by atoms with van der Waals surface area (Å²) in [4.78, 5) is 17.7. The molecule has 2 aromatic rings. The molecule has 0 bridgehead atoms. The van der Waals surface area contributed by atoms with Crippen LogP contribution in [0.5, 0.6) is 0 Å². The summed E-state index contributed by atoms with van der Waals surface area (Å²) >= 11 is 0. The first-order chi connectivity index (χ1) is 13.1. The van der Waals surface area contributed by atoms with Gasteiger partial charge in [0.2, 0.25) is 0 Å². The molecule has 0 spiro atoms. The van der Waals surface area contributed by atoms with E-state index >= 15 is 0 Å². The number of rotatable bonds is 5. The zero-order valence-corrected chi connectivity index (χ0v) is 16.4. The van der Waals surface area contributed by atoms with Gasteiger partial charge < -0.3 is 14.3 Å². The second-order valence-electron chi connectivity index (χ2n) is 7.83. The summed E-state index contributed by atoms with van der Waals surface area (Å²) in [5, 5.41) is 8.32. The molecule has 2 aliphatic heterocycles. The Kier molecular flexibility index (Phi) is 5.29. The van der Waals surface area contributed by atoms with Crippen LogP contribution in [0.15, 0.2) is 16.8 Å². The maximum Gasteiger partial charge on any atom is 0.276 e. The molecular formula is C20H29N5O2. The van der Waals surface area contributed by atoms with E-state index in [1.165, 1.54) is 32.4 Å². The Morgan fingerprint density at radius 1 is 1.22 bits per heavy atom. The van der Waals surface area contributed by atoms with Crippen LogP contribution in [0, 0.1) is 6.92 Å². The predicted molar refractivity (Wildman–Crippen MR) is 102 cm³/mol. The van der Waals surface area contributed by atoms with Gasteiger partial charge >= 0.3 is 0 Å². The van der Waals surface area contributed by atoms with Gasteiger partial charge in [-0.1, -0.05) is 5.16 Å². The number of piperidine rings is 1. The second kappa shape index (κ2) is 7.84. The summed E-state index contributed by atoms with van der Waals surface area (Å²) in [5.74, 6) is 0.604. The Bertz CT molecular complexity index is 790. The van der Waals surface area contributed by atoms with Gasteiger partial charge in [-0.3, -0.25) is 9.48 Å². The van der Waals surface area contributed by atoms with Crippen molar-refractivity contribution in [3.63, 3.8) is 0 Å². The van der Waals surface area contributed by atoms with Crippen LogP contribution in [0.2, 0.25) is 0 Å². The lowest BCUT2D eigenvalue weighted by atomic mass is 9.98. The van der Waals surface area contributed by atoms with E-state index < -0.39 is 0 Å². The highest BCUT2D eigenvalue weighted by molar-refractivity contribution is 5.93. The first-order valence-electron chi connectivity index (χ1n) is 10.1. The molecule has 4 rings (SSSR count). The van der Waals surface area contributed by atoms with Gasteiger partial charge in [-0.25, -0.2) is 0 Å². The Morgan fingerprint density at radius 3 is 2.74 bits per heavy atom. The van der Waals surface area contributed by atoms with Crippen LogP contribution in [-0.2, 0) is 7.05 Å². The molecule has 146 valence electrons. The topological polar surface area (TPSA) is 67.4 Å². The van der Waals surface area contributed by atoms with E-state index in [1.807, 2.05) is 18.9 Å². The fourth-order valence-electron chi connectivity index (χ4n) is 4.30. The minimum Gasteiger partial charge on any atom is -0.355 e. The Labute approximate surface area is 160 Å². The largest absolute Gasteiger partial charge is 0.355 e. The zero-order valence-electron chi connectivity index (χ0n) is 16.4. The zero-order chi connectivity index (χ0) is 18.8. The molecule has 7 nitrogen and oxygen atoms in total. The average Bonchev–Trinajstić information content (AvgIpc) is 3.43. The van der Waals surface area contributed by atoms with Crippen LogP contribution >= 0.6 is 0 Å². The van der Waals surface area contributed by atoms with Crippen LogP contribution in [0.25, 0.3) is 11.3 Å². The number of carbonyl (C=O) groups excluding carboxylic acids is 1. The normalized spacial score (nSPS) is 21.1. The molecule has 0 aliphatic carbocycles. The third-order valence-electron chi connectivity index (χ3n) is 6.10. The molecule has 2 saturated heterocycles. The van der Waals surface area contributed by atoms with Crippen molar-refractivity contribution >= 4 is 5.91 Å². The third kappa shape index (κ3) is 3.78. The molecule has 0 radical (unpaired) electrons. The lowest BCUT2D eigenvalue weighted by Crippen LogP contribution is -2.45. The van der Waals surface area contributed by atoms with E-state index in [2.05, 4.69) is 15.2 Å². The molecule has 1 atom stereocenters. The van der Waals surface area contributed by atoms with E-state index in [1.54, 1.807) is 16.9 Å². The number of hydrogen-bond donors (Lipinski definition) is 0. The number of likely N-dealkylation sites (tertiary alicyclic amines) is 2. The van der Waals surface area contributed by atoms with Gasteiger partial charge in [0.25, 0.3) is 5.91 Å². The van der Waals surface area contributed by atoms with Crippen molar-refractivity contribution in [3.05, 3.63) is 23.7 Å². The van der Waals surface area contributed by atoms with Crippen molar-refractivity contribution < 1.29 is 9.32 Å². The monoisotopic (exact) mass is 371 g/mol. The molecule has 1 amide bonds. The number of carbonyl (C=O) groups is 1. The lowest BCUT2D eigenvalue weighted by molar-refractivity contribution is 0.0577. The number of hydrogen-bond acceptors (Lipinski definition) is 5. The summed E-state index contributed by atoms with van der Waals surface area (Å²) in [5.41, 5.74) is 2.28. The van der Waals surface area contributed by atoms with Crippen LogP contribution in [0.3, 0.4) is 0 Å². The summed E-state index contributed by atoms with van der Waals surface area (Å²) in [6.45, 7) is 6.30. The average molecular weight is 371 g/mol. The molecule has 0 N–H and O–H groups in total. The smallest absolute Gasteiger partial charge is 0.276 e. The van der Waals surface area contributed by atoms with Crippen LogP contribution in [-0.4, -0.2) is 62.9 Å². The van der Waals surface area contributed by atoms with Gasteiger partial charge in [-0.15, -0.1) is 0 Å². The van der Waals surface area contributed by atoms with E-state index in [0.717, 1.165) is 43.6 Å². The van der Waals surface area contributed by atoms with E-state index in [4.69, 9.17) is 4.52 Å². The molecule has 0 aromatic carbocycles. The van der Waals surface area contributed by atoms with Gasteiger partial charge in [0.15, 0.2) is 11.5 Å². The van der Waals surface area contributed by atoms with Gasteiger partial charge in [0, 0.05) is 37.9 Å². The SMILES string of the molecule is Cc1c(-c2cc(C(=O)N3CCCCC3CCN3CCCC3)no2)cnn1C. The first kappa shape index (κ1) is 18.2. The minimum absolute atomic E-state index is 0.00216. The van der Waals surface area contributed by atoms with Crippen molar-refractivity contribution in [2.24, 2.45) is 7.05 Å². The Balaban J connectivity index is 1.46. The molecule has 0 saturated carbocycles. The summed E-state index contributed by atoms with van der Waals surface area (Å²) in [7, 11) is 1.89. The van der Waals surface area contributed by atoms with Gasteiger partial charge in [0.05, 0.1) is 11.8 Å². The standard InChI is InChI=1S/C20H29N5O2/c1-15-17(14-21-23(15)2)19-13-18(22-27-19)20(26)25-11-4-3-7-16(25)8-12-24-9-5-6-10-24/h13-14,16H,3-12H2,1-2H3. The highest BCUT2D eigenvalue weighted by atomic mass is 16.5. The first-order valence-corrected chi connectivity index (χ1v) is 10.1. The molecule has 27 heavy (non-hydrogen) atoms. The number of aryl methyl sites for hydroxylation is 1. The lowest BCUT2D eigenvalue weighted by Gasteiger charge is -2.36. The highest BCUT2D eigenvalue weighted by Crippen LogP contribution is 2.26. The molecule has 2 aromatic heterocycles. The summed E-state index contributed by atoms with van der Waals surface area (Å²) < 4.78 is 7.26. The molecule has 7 heteroatoms. The van der Waals surface area contributed by atoms with Gasteiger partial charge in [0.1, 0.15) is 0 Å². The van der Waals surface area contributed by atoms with Crippen molar-refractivity contribution in [2.45, 2.75) is 51.5 Å². The Morgan fingerprint density at radius 2 is 2.00 bits per heavy atom. The predicted octanol–water partition coefficient (Wildman–Crippen LogP) is 2.86.